The van der Waals surface area contributed by atoms with Crippen LogP contribution in [-0.4, -0.2) is 23.4 Å². The number of rotatable bonds is 5. The minimum atomic E-state index is -0.767. The van der Waals surface area contributed by atoms with Gasteiger partial charge in [-0.1, -0.05) is 58.4 Å². The summed E-state index contributed by atoms with van der Waals surface area (Å²) in [5.74, 6) is -1.01. The van der Waals surface area contributed by atoms with Gasteiger partial charge in [0.2, 0.25) is 0 Å². The highest BCUT2D eigenvalue weighted by Gasteiger charge is 2.47. The molecule has 0 aliphatic carbocycles. The van der Waals surface area contributed by atoms with Gasteiger partial charge in [0.25, 0.3) is 11.7 Å². The number of benzene rings is 3. The smallest absolute Gasteiger partial charge is 0.300 e. The Balaban J connectivity index is 1.94. The van der Waals surface area contributed by atoms with Crippen LogP contribution in [0.25, 0.3) is 5.76 Å². The molecule has 3 aromatic rings. The summed E-state index contributed by atoms with van der Waals surface area (Å²) in [6.07, 6.45) is 0. The first kappa shape index (κ1) is 21.8. The topological polar surface area (TPSA) is 66.8 Å². The maximum atomic E-state index is 13.3. The second-order valence-corrected chi connectivity index (χ2v) is 8.38. The van der Waals surface area contributed by atoms with Crippen molar-refractivity contribution in [1.82, 2.24) is 0 Å². The van der Waals surface area contributed by atoms with Gasteiger partial charge in [0.15, 0.2) is 0 Å². The van der Waals surface area contributed by atoms with Gasteiger partial charge in [-0.3, -0.25) is 14.5 Å². The Morgan fingerprint density at radius 1 is 1.03 bits per heavy atom. The average molecular weight is 492 g/mol. The fourth-order valence-corrected chi connectivity index (χ4v) is 4.20. The molecule has 1 heterocycles. The minimum Gasteiger partial charge on any atom is -0.507 e. The van der Waals surface area contributed by atoms with E-state index in [-0.39, 0.29) is 11.3 Å². The van der Waals surface area contributed by atoms with Gasteiger partial charge in [0, 0.05) is 21.8 Å². The van der Waals surface area contributed by atoms with E-state index in [1.54, 1.807) is 48.5 Å². The fourth-order valence-electron chi connectivity index (χ4n) is 3.94. The average Bonchev–Trinajstić information content (AvgIpc) is 3.05. The van der Waals surface area contributed by atoms with Crippen molar-refractivity contribution in [1.29, 1.82) is 0 Å². The first-order valence-corrected chi connectivity index (χ1v) is 11.1. The third-order valence-corrected chi connectivity index (χ3v) is 5.98. The number of carbonyl (C=O) groups excluding carboxylic acids is 2. The van der Waals surface area contributed by atoms with Crippen LogP contribution >= 0.6 is 15.9 Å². The summed E-state index contributed by atoms with van der Waals surface area (Å²) >= 11 is 3.38. The number of halogens is 1. The maximum Gasteiger partial charge on any atom is 0.300 e. The Morgan fingerprint density at radius 2 is 1.75 bits per heavy atom. The normalized spacial score (nSPS) is 17.6. The molecule has 32 heavy (non-hydrogen) atoms. The van der Waals surface area contributed by atoms with E-state index in [0.29, 0.717) is 23.6 Å². The van der Waals surface area contributed by atoms with Gasteiger partial charge in [0.1, 0.15) is 11.5 Å². The van der Waals surface area contributed by atoms with Crippen molar-refractivity contribution in [3.63, 3.8) is 0 Å². The van der Waals surface area contributed by atoms with Gasteiger partial charge in [-0.05, 0) is 49.2 Å². The molecule has 1 aliphatic heterocycles. The molecule has 162 valence electrons. The molecule has 0 radical (unpaired) electrons. The number of carbonyl (C=O) groups is 2. The van der Waals surface area contributed by atoms with Crippen LogP contribution in [0.2, 0.25) is 0 Å². The molecule has 0 saturated carbocycles. The van der Waals surface area contributed by atoms with Gasteiger partial charge in [0.05, 0.1) is 18.2 Å². The van der Waals surface area contributed by atoms with Gasteiger partial charge in [-0.15, -0.1) is 0 Å². The predicted molar refractivity (Wildman–Crippen MR) is 128 cm³/mol. The summed E-state index contributed by atoms with van der Waals surface area (Å²) < 4.78 is 6.44. The summed E-state index contributed by atoms with van der Waals surface area (Å²) in [7, 11) is 0. The van der Waals surface area contributed by atoms with Crippen molar-refractivity contribution in [3.8, 4) is 5.75 Å². The second-order valence-electron chi connectivity index (χ2n) is 7.46. The van der Waals surface area contributed by atoms with Crippen LogP contribution < -0.4 is 9.64 Å². The van der Waals surface area contributed by atoms with Gasteiger partial charge in [-0.2, -0.15) is 0 Å². The predicted octanol–water partition coefficient (Wildman–Crippen LogP) is 5.78. The van der Waals surface area contributed by atoms with E-state index in [4.69, 9.17) is 4.74 Å². The van der Waals surface area contributed by atoms with Crippen molar-refractivity contribution < 1.29 is 19.4 Å². The number of anilines is 1. The Kier molecular flexibility index (Phi) is 6.15. The van der Waals surface area contributed by atoms with Gasteiger partial charge < -0.3 is 9.84 Å². The number of amides is 1. The molecule has 5 nitrogen and oxygen atoms in total. The summed E-state index contributed by atoms with van der Waals surface area (Å²) in [6.45, 7) is 4.28. The largest absolute Gasteiger partial charge is 0.507 e. The van der Waals surface area contributed by atoms with E-state index in [9.17, 15) is 14.7 Å². The SMILES string of the molecule is CCOc1cccc(N2C(=O)C(=O)/C(=C(/O)c3ccc(Br)cc3)C2c2ccccc2C)c1. The van der Waals surface area contributed by atoms with E-state index < -0.39 is 17.7 Å². The van der Waals surface area contributed by atoms with Crippen LogP contribution in [0.4, 0.5) is 5.69 Å². The summed E-state index contributed by atoms with van der Waals surface area (Å²) in [6, 6.07) is 20.8. The molecular formula is C26H22BrNO4. The van der Waals surface area contributed by atoms with Crippen molar-refractivity contribution in [2.45, 2.75) is 19.9 Å². The number of ketones is 1. The third-order valence-electron chi connectivity index (χ3n) is 5.45. The van der Waals surface area contributed by atoms with Crippen molar-refractivity contribution >= 4 is 39.1 Å². The second kappa shape index (κ2) is 9.01. The summed E-state index contributed by atoms with van der Waals surface area (Å²) in [4.78, 5) is 27.9. The van der Waals surface area contributed by atoms with E-state index in [0.717, 1.165) is 15.6 Å². The molecule has 0 aromatic heterocycles. The lowest BCUT2D eigenvalue weighted by atomic mass is 9.92. The lowest BCUT2D eigenvalue weighted by molar-refractivity contribution is -0.132. The zero-order chi connectivity index (χ0) is 22.8. The number of Topliss-reactive ketones (excluding diaryl/α,β-unsaturated/α-hetero) is 1. The lowest BCUT2D eigenvalue weighted by Crippen LogP contribution is -2.29. The zero-order valence-corrected chi connectivity index (χ0v) is 19.3. The van der Waals surface area contributed by atoms with Crippen molar-refractivity contribution in [2.75, 3.05) is 11.5 Å². The van der Waals surface area contributed by atoms with Crippen LogP contribution in [0, 0.1) is 6.92 Å². The molecule has 6 heteroatoms. The van der Waals surface area contributed by atoms with Gasteiger partial charge in [-0.25, -0.2) is 0 Å². The molecule has 3 aromatic carbocycles. The highest BCUT2D eigenvalue weighted by Crippen LogP contribution is 2.43. The number of hydrogen-bond acceptors (Lipinski definition) is 4. The number of hydrogen-bond donors (Lipinski definition) is 1. The Morgan fingerprint density at radius 3 is 2.44 bits per heavy atom. The summed E-state index contributed by atoms with van der Waals surface area (Å²) in [5, 5.41) is 11.2. The van der Waals surface area contributed by atoms with E-state index in [1.165, 1.54) is 4.90 Å². The maximum absolute atomic E-state index is 13.3. The molecule has 1 fully saturated rings. The monoisotopic (exact) mass is 491 g/mol. The van der Waals surface area contributed by atoms with Gasteiger partial charge >= 0.3 is 0 Å². The molecule has 1 amide bonds. The molecule has 1 N–H and O–H groups in total. The highest BCUT2D eigenvalue weighted by atomic mass is 79.9. The van der Waals surface area contributed by atoms with Crippen LogP contribution in [0.3, 0.4) is 0 Å². The molecule has 0 bridgehead atoms. The fraction of sp³-hybridized carbons (Fsp3) is 0.154. The van der Waals surface area contributed by atoms with Crippen molar-refractivity contribution in [3.05, 3.63) is 99.5 Å². The quantitative estimate of drug-likeness (QED) is 0.279. The van der Waals surface area contributed by atoms with Crippen molar-refractivity contribution in [2.24, 2.45) is 0 Å². The number of aliphatic hydroxyl groups excluding tert-OH is 1. The molecule has 0 spiro atoms. The standard InChI is InChI=1S/C26H22BrNO4/c1-3-32-20-9-6-8-19(15-20)28-23(21-10-5-4-7-16(21)2)22(25(30)26(28)31)24(29)17-11-13-18(27)14-12-17/h4-15,23,29H,3H2,1-2H3/b24-22+. The van der Waals surface area contributed by atoms with Crippen LogP contribution in [0.1, 0.15) is 29.7 Å². The zero-order valence-electron chi connectivity index (χ0n) is 17.7. The lowest BCUT2D eigenvalue weighted by Gasteiger charge is -2.27. The molecule has 1 atom stereocenters. The first-order chi connectivity index (χ1) is 15.4. The van der Waals surface area contributed by atoms with E-state index >= 15 is 0 Å². The highest BCUT2D eigenvalue weighted by molar-refractivity contribution is 9.10. The minimum absolute atomic E-state index is 0.0634. The number of aliphatic hydroxyl groups is 1. The van der Waals surface area contributed by atoms with Crippen LogP contribution in [-0.2, 0) is 9.59 Å². The van der Waals surface area contributed by atoms with E-state index in [2.05, 4.69) is 15.9 Å². The van der Waals surface area contributed by atoms with Crippen LogP contribution in [0.5, 0.6) is 5.75 Å². The number of aryl methyl sites for hydroxylation is 1. The molecule has 1 unspecified atom stereocenters. The molecule has 1 aliphatic rings. The summed E-state index contributed by atoms with van der Waals surface area (Å²) in [5.41, 5.74) is 2.74. The molecule has 1 saturated heterocycles. The Labute approximate surface area is 195 Å². The third kappa shape index (κ3) is 3.94. The number of nitrogens with zero attached hydrogens (tertiary/aromatic N) is 1. The Bertz CT molecular complexity index is 1220. The molecule has 4 rings (SSSR count). The Hall–Kier alpha value is -3.38. The van der Waals surface area contributed by atoms with Crippen LogP contribution in [0.15, 0.2) is 82.8 Å². The van der Waals surface area contributed by atoms with E-state index in [1.807, 2.05) is 38.1 Å². The number of ether oxygens (including phenoxy) is 1. The first-order valence-electron chi connectivity index (χ1n) is 10.3. The molecular weight excluding hydrogens is 470 g/mol.